The van der Waals surface area contributed by atoms with Crippen LogP contribution < -0.4 is 0 Å². The number of amides is 1. The predicted octanol–water partition coefficient (Wildman–Crippen LogP) is 2.30. The Kier molecular flexibility index (Phi) is 4.20. The monoisotopic (exact) mass is 264 g/mol. The van der Waals surface area contributed by atoms with Gasteiger partial charge in [-0.2, -0.15) is 0 Å². The lowest BCUT2D eigenvalue weighted by Crippen LogP contribution is -2.50. The van der Waals surface area contributed by atoms with Gasteiger partial charge in [0.15, 0.2) is 0 Å². The number of carbonyl (C=O) groups excluding carboxylic acids is 1. The molecule has 1 heterocycles. The van der Waals surface area contributed by atoms with E-state index in [2.05, 4.69) is 18.7 Å². The van der Waals surface area contributed by atoms with Gasteiger partial charge in [-0.25, -0.2) is 4.39 Å². The van der Waals surface area contributed by atoms with E-state index in [9.17, 15) is 9.18 Å². The smallest absolute Gasteiger partial charge is 0.256 e. The van der Waals surface area contributed by atoms with Gasteiger partial charge in [-0.3, -0.25) is 9.69 Å². The fraction of sp³-hybridized carbons (Fsp3) is 0.533. The van der Waals surface area contributed by atoms with E-state index >= 15 is 0 Å². The van der Waals surface area contributed by atoms with Gasteiger partial charge < -0.3 is 4.90 Å². The number of benzene rings is 1. The van der Waals surface area contributed by atoms with E-state index < -0.39 is 5.82 Å². The zero-order chi connectivity index (χ0) is 14.0. The molecule has 1 saturated heterocycles. The highest BCUT2D eigenvalue weighted by atomic mass is 19.1. The maximum Gasteiger partial charge on any atom is 0.256 e. The fourth-order valence-electron chi connectivity index (χ4n) is 2.41. The molecule has 0 unspecified atom stereocenters. The summed E-state index contributed by atoms with van der Waals surface area (Å²) in [4.78, 5) is 16.3. The minimum absolute atomic E-state index is 0.184. The van der Waals surface area contributed by atoms with Crippen molar-refractivity contribution in [3.63, 3.8) is 0 Å². The van der Waals surface area contributed by atoms with Gasteiger partial charge in [0.1, 0.15) is 5.82 Å². The molecule has 0 aliphatic carbocycles. The first-order valence-electron chi connectivity index (χ1n) is 6.78. The standard InChI is InChI=1S/C15H21FN2O/c1-11(2)17-6-8-18(9-7-17)15(19)13-5-4-12(3)10-14(13)16/h4-5,10-11H,6-9H2,1-3H3. The number of piperazine rings is 1. The average molecular weight is 264 g/mol. The molecule has 0 spiro atoms. The number of rotatable bonds is 2. The van der Waals surface area contributed by atoms with Crippen LogP contribution in [-0.4, -0.2) is 47.9 Å². The van der Waals surface area contributed by atoms with Gasteiger partial charge in [-0.05, 0) is 38.5 Å². The lowest BCUT2D eigenvalue weighted by molar-refractivity contribution is 0.0591. The molecule has 1 aliphatic rings. The molecule has 4 heteroatoms. The molecule has 1 fully saturated rings. The number of aryl methyl sites for hydroxylation is 1. The Bertz CT molecular complexity index is 465. The van der Waals surface area contributed by atoms with Crippen molar-refractivity contribution in [1.82, 2.24) is 9.80 Å². The lowest BCUT2D eigenvalue weighted by atomic mass is 10.1. The van der Waals surface area contributed by atoms with Crippen molar-refractivity contribution in [2.24, 2.45) is 0 Å². The summed E-state index contributed by atoms with van der Waals surface area (Å²) in [6.07, 6.45) is 0. The van der Waals surface area contributed by atoms with Crippen LogP contribution in [0.15, 0.2) is 18.2 Å². The molecule has 104 valence electrons. The van der Waals surface area contributed by atoms with Gasteiger partial charge in [0.25, 0.3) is 5.91 Å². The third-order valence-corrected chi connectivity index (χ3v) is 3.69. The molecule has 1 aromatic carbocycles. The highest BCUT2D eigenvalue weighted by Gasteiger charge is 2.24. The zero-order valence-corrected chi connectivity index (χ0v) is 11.8. The maximum absolute atomic E-state index is 13.8. The summed E-state index contributed by atoms with van der Waals surface area (Å²) in [5.74, 6) is -0.614. The largest absolute Gasteiger partial charge is 0.336 e. The summed E-state index contributed by atoms with van der Waals surface area (Å²) < 4.78 is 13.8. The van der Waals surface area contributed by atoms with Crippen LogP contribution in [0.4, 0.5) is 4.39 Å². The first-order valence-corrected chi connectivity index (χ1v) is 6.78. The summed E-state index contributed by atoms with van der Waals surface area (Å²) in [7, 11) is 0. The maximum atomic E-state index is 13.8. The highest BCUT2D eigenvalue weighted by molar-refractivity contribution is 5.94. The topological polar surface area (TPSA) is 23.6 Å². The third-order valence-electron chi connectivity index (χ3n) is 3.69. The van der Waals surface area contributed by atoms with Crippen molar-refractivity contribution in [3.8, 4) is 0 Å². The van der Waals surface area contributed by atoms with Crippen LogP contribution in [0.5, 0.6) is 0 Å². The van der Waals surface area contributed by atoms with E-state index in [0.717, 1.165) is 18.7 Å². The van der Waals surface area contributed by atoms with Crippen molar-refractivity contribution in [1.29, 1.82) is 0 Å². The van der Waals surface area contributed by atoms with Crippen LogP contribution in [0.2, 0.25) is 0 Å². The van der Waals surface area contributed by atoms with E-state index in [1.54, 1.807) is 17.0 Å². The van der Waals surface area contributed by atoms with Gasteiger partial charge in [0, 0.05) is 32.2 Å². The molecule has 19 heavy (non-hydrogen) atoms. The fourth-order valence-corrected chi connectivity index (χ4v) is 2.41. The Hall–Kier alpha value is -1.42. The van der Waals surface area contributed by atoms with Gasteiger partial charge in [-0.1, -0.05) is 6.07 Å². The number of nitrogens with zero attached hydrogens (tertiary/aromatic N) is 2. The Morgan fingerprint density at radius 2 is 1.84 bits per heavy atom. The molecule has 3 nitrogen and oxygen atoms in total. The number of carbonyl (C=O) groups is 1. The molecule has 0 aromatic heterocycles. The van der Waals surface area contributed by atoms with Crippen LogP contribution in [0.25, 0.3) is 0 Å². The van der Waals surface area contributed by atoms with Gasteiger partial charge >= 0.3 is 0 Å². The van der Waals surface area contributed by atoms with Crippen LogP contribution >= 0.6 is 0 Å². The molecule has 0 radical (unpaired) electrons. The van der Waals surface area contributed by atoms with Crippen LogP contribution in [-0.2, 0) is 0 Å². The zero-order valence-electron chi connectivity index (χ0n) is 11.8. The Balaban J connectivity index is 2.05. The Labute approximate surface area is 114 Å². The first-order chi connectivity index (χ1) is 8.99. The Morgan fingerprint density at radius 1 is 1.21 bits per heavy atom. The Morgan fingerprint density at radius 3 is 2.37 bits per heavy atom. The average Bonchev–Trinajstić information content (AvgIpc) is 2.38. The molecular weight excluding hydrogens is 243 g/mol. The van der Waals surface area contributed by atoms with E-state index in [1.807, 2.05) is 6.92 Å². The third kappa shape index (κ3) is 3.13. The molecular formula is C15H21FN2O. The molecule has 1 amide bonds. The predicted molar refractivity (Wildman–Crippen MR) is 73.7 cm³/mol. The summed E-state index contributed by atoms with van der Waals surface area (Å²) in [6, 6.07) is 5.27. The van der Waals surface area contributed by atoms with Gasteiger partial charge in [-0.15, -0.1) is 0 Å². The first kappa shape index (κ1) is 14.0. The van der Waals surface area contributed by atoms with E-state index in [1.165, 1.54) is 6.07 Å². The number of hydrogen-bond donors (Lipinski definition) is 0. The number of hydrogen-bond acceptors (Lipinski definition) is 2. The van der Waals surface area contributed by atoms with Crippen molar-refractivity contribution in [2.45, 2.75) is 26.8 Å². The van der Waals surface area contributed by atoms with E-state index in [0.29, 0.717) is 19.1 Å². The van der Waals surface area contributed by atoms with Gasteiger partial charge in [0.2, 0.25) is 0 Å². The molecule has 0 bridgehead atoms. The second-order valence-electron chi connectivity index (χ2n) is 5.41. The summed E-state index contributed by atoms with van der Waals surface area (Å²) in [6.45, 7) is 9.18. The second-order valence-corrected chi connectivity index (χ2v) is 5.41. The second kappa shape index (κ2) is 5.70. The van der Waals surface area contributed by atoms with Gasteiger partial charge in [0.05, 0.1) is 5.56 Å². The van der Waals surface area contributed by atoms with Crippen LogP contribution in [0.3, 0.4) is 0 Å². The summed E-state index contributed by atoms with van der Waals surface area (Å²) >= 11 is 0. The highest BCUT2D eigenvalue weighted by Crippen LogP contribution is 2.14. The number of halogens is 1. The molecule has 0 N–H and O–H groups in total. The normalized spacial score (nSPS) is 17.0. The van der Waals surface area contributed by atoms with Crippen molar-refractivity contribution in [3.05, 3.63) is 35.1 Å². The van der Waals surface area contributed by atoms with E-state index in [4.69, 9.17) is 0 Å². The molecule has 2 rings (SSSR count). The van der Waals surface area contributed by atoms with Crippen LogP contribution in [0.1, 0.15) is 29.8 Å². The summed E-state index contributed by atoms with van der Waals surface area (Å²) in [5.41, 5.74) is 1.02. The van der Waals surface area contributed by atoms with E-state index in [-0.39, 0.29) is 11.5 Å². The molecule has 0 saturated carbocycles. The molecule has 1 aliphatic heterocycles. The lowest BCUT2D eigenvalue weighted by Gasteiger charge is -2.37. The van der Waals surface area contributed by atoms with Crippen LogP contribution in [0, 0.1) is 12.7 Å². The quantitative estimate of drug-likeness (QED) is 0.818. The SMILES string of the molecule is Cc1ccc(C(=O)N2CCN(C(C)C)CC2)c(F)c1. The minimum Gasteiger partial charge on any atom is -0.336 e. The van der Waals surface area contributed by atoms with Crippen molar-refractivity contribution >= 4 is 5.91 Å². The minimum atomic E-state index is -0.420. The summed E-state index contributed by atoms with van der Waals surface area (Å²) in [5, 5.41) is 0. The molecule has 0 atom stereocenters. The molecule has 1 aromatic rings. The van der Waals surface area contributed by atoms with Crippen molar-refractivity contribution < 1.29 is 9.18 Å². The van der Waals surface area contributed by atoms with Crippen molar-refractivity contribution in [2.75, 3.05) is 26.2 Å².